The number of aromatic nitrogens is 1. The van der Waals surface area contributed by atoms with E-state index in [-0.39, 0.29) is 0 Å². The van der Waals surface area contributed by atoms with Crippen molar-refractivity contribution in [2.45, 2.75) is 0 Å². The second-order valence-electron chi connectivity index (χ2n) is 15.5. The van der Waals surface area contributed by atoms with Crippen LogP contribution in [0, 0.1) is 0 Å². The Labute approximate surface area is 362 Å². The Balaban J connectivity index is 1.10. The minimum absolute atomic E-state index is 1.09. The Morgan fingerprint density at radius 1 is 0.226 bits per heavy atom. The molecular formula is C58H42N4. The Bertz CT molecular complexity index is 3060. The number of para-hydroxylation sites is 5. The average Bonchev–Trinajstić information content (AvgIpc) is 3.67. The third-order valence-corrected chi connectivity index (χ3v) is 11.7. The van der Waals surface area contributed by atoms with Gasteiger partial charge in [0.2, 0.25) is 0 Å². The fourth-order valence-corrected chi connectivity index (χ4v) is 8.85. The van der Waals surface area contributed by atoms with E-state index in [9.17, 15) is 0 Å². The van der Waals surface area contributed by atoms with E-state index in [0.29, 0.717) is 0 Å². The largest absolute Gasteiger partial charge is 0.310 e. The summed E-state index contributed by atoms with van der Waals surface area (Å²) in [7, 11) is 0. The maximum Gasteiger partial charge on any atom is 0.0542 e. The molecule has 0 aliphatic heterocycles. The number of benzene rings is 10. The highest BCUT2D eigenvalue weighted by Crippen LogP contribution is 2.43. The first-order valence-electron chi connectivity index (χ1n) is 21.1. The van der Waals surface area contributed by atoms with Crippen molar-refractivity contribution in [3.63, 3.8) is 0 Å². The van der Waals surface area contributed by atoms with Crippen molar-refractivity contribution in [2.24, 2.45) is 0 Å². The van der Waals surface area contributed by atoms with Gasteiger partial charge in [-0.3, -0.25) is 0 Å². The van der Waals surface area contributed by atoms with Crippen LogP contribution >= 0.6 is 0 Å². The molecule has 0 radical (unpaired) electrons. The topological polar surface area (TPSA) is 14.7 Å². The van der Waals surface area contributed by atoms with Crippen LogP contribution in [-0.4, -0.2) is 4.57 Å². The first-order chi connectivity index (χ1) is 30.8. The number of hydrogen-bond acceptors (Lipinski definition) is 3. The molecule has 4 nitrogen and oxygen atoms in total. The van der Waals surface area contributed by atoms with Gasteiger partial charge in [0, 0.05) is 67.6 Å². The standard InChI is InChI=1S/C58H42N4/c1-6-20-45(21-7-1)59(46-22-8-2-9-23-46)53-36-38-57-55(41-53)56-42-54(60(47-24-10-3-11-25-47)48-26-12-4-13-27-48)37-39-58(56)62(57)51-34-32-50(33-35-51)61(49-28-14-5-15-29-49)52-31-30-43-18-16-17-19-44(43)40-52/h1-42H. The van der Waals surface area contributed by atoms with E-state index < -0.39 is 0 Å². The SMILES string of the molecule is c1ccc(N(c2ccc(-n3c4ccc(N(c5ccccc5)c5ccccc5)cc4c4cc(N(c5ccccc5)c5ccccc5)ccc43)cc2)c2ccc3ccccc3c2)cc1. The molecule has 0 aliphatic carbocycles. The Hall–Kier alpha value is -8.34. The molecule has 1 aromatic heterocycles. The lowest BCUT2D eigenvalue weighted by Crippen LogP contribution is -2.10. The van der Waals surface area contributed by atoms with Gasteiger partial charge >= 0.3 is 0 Å². The molecule has 11 rings (SSSR count). The zero-order valence-electron chi connectivity index (χ0n) is 34.0. The number of nitrogens with zero attached hydrogens (tertiary/aromatic N) is 4. The van der Waals surface area contributed by atoms with E-state index in [1.54, 1.807) is 0 Å². The van der Waals surface area contributed by atoms with Crippen LogP contribution in [0.2, 0.25) is 0 Å². The third kappa shape index (κ3) is 6.80. The van der Waals surface area contributed by atoms with Gasteiger partial charge in [0.15, 0.2) is 0 Å². The van der Waals surface area contributed by atoms with Crippen LogP contribution in [0.15, 0.2) is 255 Å². The van der Waals surface area contributed by atoms with Crippen LogP contribution in [0.25, 0.3) is 38.3 Å². The van der Waals surface area contributed by atoms with E-state index in [4.69, 9.17) is 0 Å². The summed E-state index contributed by atoms with van der Waals surface area (Å²) in [4.78, 5) is 7.02. The van der Waals surface area contributed by atoms with Crippen molar-refractivity contribution >= 4 is 83.8 Å². The molecule has 0 bridgehead atoms. The van der Waals surface area contributed by atoms with Crippen molar-refractivity contribution in [3.05, 3.63) is 255 Å². The summed E-state index contributed by atoms with van der Waals surface area (Å²) in [5, 5.41) is 4.78. The molecule has 4 heteroatoms. The van der Waals surface area contributed by atoms with Crippen LogP contribution in [0.1, 0.15) is 0 Å². The van der Waals surface area contributed by atoms with Crippen molar-refractivity contribution in [2.75, 3.05) is 14.7 Å². The van der Waals surface area contributed by atoms with Gasteiger partial charge in [0.25, 0.3) is 0 Å². The van der Waals surface area contributed by atoms with Crippen molar-refractivity contribution < 1.29 is 0 Å². The van der Waals surface area contributed by atoms with Gasteiger partial charge in [-0.1, -0.05) is 121 Å². The number of fused-ring (bicyclic) bond motifs is 4. The van der Waals surface area contributed by atoms with Gasteiger partial charge in [-0.2, -0.15) is 0 Å². The van der Waals surface area contributed by atoms with E-state index >= 15 is 0 Å². The number of hydrogen-bond donors (Lipinski definition) is 0. The van der Waals surface area contributed by atoms with Crippen LogP contribution in [0.3, 0.4) is 0 Å². The fourth-order valence-electron chi connectivity index (χ4n) is 8.85. The van der Waals surface area contributed by atoms with Crippen LogP contribution in [0.4, 0.5) is 51.2 Å². The molecule has 0 spiro atoms. The number of rotatable bonds is 10. The minimum Gasteiger partial charge on any atom is -0.310 e. The van der Waals surface area contributed by atoms with Crippen molar-refractivity contribution in [3.8, 4) is 5.69 Å². The maximum absolute atomic E-state index is 2.41. The monoisotopic (exact) mass is 794 g/mol. The lowest BCUT2D eigenvalue weighted by molar-refractivity contribution is 1.17. The molecule has 10 aromatic carbocycles. The van der Waals surface area contributed by atoms with Gasteiger partial charge < -0.3 is 19.3 Å². The summed E-state index contributed by atoms with van der Waals surface area (Å²) >= 11 is 0. The third-order valence-electron chi connectivity index (χ3n) is 11.7. The molecule has 1 heterocycles. The summed E-state index contributed by atoms with van der Waals surface area (Å²) < 4.78 is 2.41. The lowest BCUT2D eigenvalue weighted by atomic mass is 10.1. The number of anilines is 9. The predicted octanol–water partition coefficient (Wildman–Crippen LogP) is 16.3. The minimum atomic E-state index is 1.09. The van der Waals surface area contributed by atoms with Gasteiger partial charge in [-0.05, 0) is 144 Å². The van der Waals surface area contributed by atoms with Gasteiger partial charge in [-0.25, -0.2) is 0 Å². The summed E-state index contributed by atoms with van der Waals surface area (Å²) in [6.07, 6.45) is 0. The highest BCUT2D eigenvalue weighted by molar-refractivity contribution is 6.12. The molecular weight excluding hydrogens is 753 g/mol. The second-order valence-corrected chi connectivity index (χ2v) is 15.5. The summed E-state index contributed by atoms with van der Waals surface area (Å²) in [6, 6.07) is 91.2. The molecule has 0 unspecified atom stereocenters. The Morgan fingerprint density at radius 2 is 0.532 bits per heavy atom. The molecule has 0 atom stereocenters. The van der Waals surface area contributed by atoms with Gasteiger partial charge in [0.1, 0.15) is 0 Å². The summed E-state index contributed by atoms with van der Waals surface area (Å²) in [5.41, 5.74) is 13.3. The average molecular weight is 795 g/mol. The summed E-state index contributed by atoms with van der Waals surface area (Å²) in [5.74, 6) is 0. The fraction of sp³-hybridized carbons (Fsp3) is 0. The normalized spacial score (nSPS) is 11.2. The molecule has 0 aliphatic rings. The second kappa shape index (κ2) is 16.0. The molecule has 0 saturated carbocycles. The molecule has 0 fully saturated rings. The quantitative estimate of drug-likeness (QED) is 0.137. The predicted molar refractivity (Wildman–Crippen MR) is 262 cm³/mol. The Kier molecular flexibility index (Phi) is 9.49. The summed E-state index contributed by atoms with van der Waals surface area (Å²) in [6.45, 7) is 0. The van der Waals surface area contributed by atoms with E-state index in [1.807, 2.05) is 0 Å². The highest BCUT2D eigenvalue weighted by atomic mass is 15.2. The molecule has 0 saturated heterocycles. The molecule has 0 amide bonds. The van der Waals surface area contributed by atoms with Crippen molar-refractivity contribution in [1.82, 2.24) is 4.57 Å². The maximum atomic E-state index is 2.41. The molecule has 294 valence electrons. The molecule has 0 N–H and O–H groups in total. The van der Waals surface area contributed by atoms with Crippen LogP contribution in [-0.2, 0) is 0 Å². The van der Waals surface area contributed by atoms with Crippen LogP contribution < -0.4 is 14.7 Å². The van der Waals surface area contributed by atoms with Gasteiger partial charge in [-0.15, -0.1) is 0 Å². The molecule has 11 aromatic rings. The molecule has 62 heavy (non-hydrogen) atoms. The van der Waals surface area contributed by atoms with E-state index in [2.05, 4.69) is 274 Å². The smallest absolute Gasteiger partial charge is 0.0542 e. The highest BCUT2D eigenvalue weighted by Gasteiger charge is 2.21. The zero-order valence-corrected chi connectivity index (χ0v) is 34.0. The van der Waals surface area contributed by atoms with Gasteiger partial charge in [0.05, 0.1) is 11.0 Å². The van der Waals surface area contributed by atoms with Crippen molar-refractivity contribution in [1.29, 1.82) is 0 Å². The van der Waals surface area contributed by atoms with Crippen LogP contribution in [0.5, 0.6) is 0 Å². The zero-order chi connectivity index (χ0) is 41.2. The van der Waals surface area contributed by atoms with E-state index in [1.165, 1.54) is 21.5 Å². The first kappa shape index (κ1) is 36.7. The first-order valence-corrected chi connectivity index (χ1v) is 21.1. The lowest BCUT2D eigenvalue weighted by Gasteiger charge is -2.26. The van der Waals surface area contributed by atoms with E-state index in [0.717, 1.165) is 67.9 Å². The Morgan fingerprint density at radius 3 is 0.935 bits per heavy atom.